The molecule has 2 atom stereocenters. The van der Waals surface area contributed by atoms with Crippen LogP contribution >= 0.6 is 11.3 Å². The van der Waals surface area contributed by atoms with E-state index in [1.165, 1.54) is 15.6 Å². The molecule has 1 aliphatic heterocycles. The molecule has 2 aromatic heterocycles. The largest absolute Gasteiger partial charge is 0.391 e. The lowest BCUT2D eigenvalue weighted by molar-refractivity contribution is 0.142. The summed E-state index contributed by atoms with van der Waals surface area (Å²) in [6, 6.07) is 6.61. The minimum Gasteiger partial charge on any atom is -0.391 e. The lowest BCUT2D eigenvalue weighted by Gasteiger charge is -2.25. The molecule has 7 heteroatoms. The van der Waals surface area contributed by atoms with Gasteiger partial charge in [-0.1, -0.05) is 6.07 Å². The Morgan fingerprint density at radius 1 is 1.33 bits per heavy atom. The maximum absolute atomic E-state index is 12.7. The highest BCUT2D eigenvalue weighted by atomic mass is 32.2. The van der Waals surface area contributed by atoms with Gasteiger partial charge in [0.05, 0.1) is 12.1 Å². The van der Waals surface area contributed by atoms with Crippen molar-refractivity contribution in [2.24, 2.45) is 0 Å². The van der Waals surface area contributed by atoms with Crippen LogP contribution < -0.4 is 0 Å². The van der Waals surface area contributed by atoms with E-state index in [-0.39, 0.29) is 0 Å². The van der Waals surface area contributed by atoms with Gasteiger partial charge in [-0.25, -0.2) is 8.42 Å². The second-order valence-corrected chi connectivity index (χ2v) is 8.10. The number of thiophene rings is 1. The molecule has 1 N–H and O–H groups in total. The molecule has 1 fully saturated rings. The predicted molar refractivity (Wildman–Crippen MR) is 80.6 cm³/mol. The summed E-state index contributed by atoms with van der Waals surface area (Å²) in [5, 5.41) is 11.9. The van der Waals surface area contributed by atoms with Gasteiger partial charge in [0.2, 0.25) is 0 Å². The van der Waals surface area contributed by atoms with Crippen molar-refractivity contribution in [3.63, 3.8) is 0 Å². The minimum atomic E-state index is -3.52. The van der Waals surface area contributed by atoms with Gasteiger partial charge in [0.15, 0.2) is 0 Å². The van der Waals surface area contributed by atoms with Crippen molar-refractivity contribution in [2.45, 2.75) is 29.2 Å². The zero-order valence-electron chi connectivity index (χ0n) is 11.3. The number of pyridine rings is 1. The summed E-state index contributed by atoms with van der Waals surface area (Å²) in [5.41, 5.74) is 0.974. The van der Waals surface area contributed by atoms with E-state index < -0.39 is 22.2 Å². The summed E-state index contributed by atoms with van der Waals surface area (Å²) in [7, 11) is -3.52. The zero-order chi connectivity index (χ0) is 14.9. The van der Waals surface area contributed by atoms with Crippen LogP contribution in [0.15, 0.2) is 46.2 Å². The molecule has 0 saturated carbocycles. The Balaban J connectivity index is 1.88. The molecule has 0 bridgehead atoms. The lowest BCUT2D eigenvalue weighted by Crippen LogP contribution is -2.40. The molecule has 21 heavy (non-hydrogen) atoms. The zero-order valence-corrected chi connectivity index (χ0v) is 12.9. The van der Waals surface area contributed by atoms with Crippen molar-refractivity contribution in [1.29, 1.82) is 0 Å². The van der Waals surface area contributed by atoms with Gasteiger partial charge in [-0.2, -0.15) is 4.31 Å². The van der Waals surface area contributed by atoms with Crippen LogP contribution in [0.5, 0.6) is 0 Å². The molecule has 3 rings (SSSR count). The molecule has 0 aliphatic carbocycles. The first-order chi connectivity index (χ1) is 10.1. The highest BCUT2D eigenvalue weighted by Crippen LogP contribution is 2.30. The third kappa shape index (κ3) is 2.87. The number of rotatable bonds is 4. The van der Waals surface area contributed by atoms with Gasteiger partial charge in [-0.15, -0.1) is 11.3 Å². The van der Waals surface area contributed by atoms with Crippen molar-refractivity contribution in [3.05, 3.63) is 47.6 Å². The number of nitrogens with zero attached hydrogens (tertiary/aromatic N) is 2. The van der Waals surface area contributed by atoms with Crippen LogP contribution in [0.3, 0.4) is 0 Å². The highest BCUT2D eigenvalue weighted by Gasteiger charge is 2.41. The SMILES string of the molecule is O=S(=O)(c1cccs1)N1CC[C@@H](O)[C@@H]1Cc1ccncc1. The number of hydrogen-bond donors (Lipinski definition) is 1. The highest BCUT2D eigenvalue weighted by molar-refractivity contribution is 7.91. The fourth-order valence-corrected chi connectivity index (χ4v) is 5.42. The number of aliphatic hydroxyl groups excluding tert-OH is 1. The van der Waals surface area contributed by atoms with Crippen LogP contribution in [-0.4, -0.2) is 41.5 Å². The number of hydrogen-bond acceptors (Lipinski definition) is 5. The Morgan fingerprint density at radius 2 is 2.10 bits per heavy atom. The minimum absolute atomic E-state index is 0.330. The lowest BCUT2D eigenvalue weighted by atomic mass is 10.0. The molecule has 5 nitrogen and oxygen atoms in total. The molecule has 1 saturated heterocycles. The van der Waals surface area contributed by atoms with Gasteiger partial charge in [-0.05, 0) is 42.0 Å². The Hall–Kier alpha value is -1.28. The summed E-state index contributed by atoms with van der Waals surface area (Å²) in [6.07, 6.45) is 3.69. The molecule has 0 amide bonds. The summed E-state index contributed by atoms with van der Waals surface area (Å²) in [5.74, 6) is 0. The van der Waals surface area contributed by atoms with E-state index >= 15 is 0 Å². The second-order valence-electron chi connectivity index (χ2n) is 5.03. The first-order valence-corrected chi connectivity index (χ1v) is 9.03. The van der Waals surface area contributed by atoms with Crippen molar-refractivity contribution < 1.29 is 13.5 Å². The Labute approximate surface area is 127 Å². The van der Waals surface area contributed by atoms with Gasteiger partial charge >= 0.3 is 0 Å². The van der Waals surface area contributed by atoms with Gasteiger partial charge in [0, 0.05) is 18.9 Å². The maximum Gasteiger partial charge on any atom is 0.252 e. The molecule has 1 aliphatic rings. The monoisotopic (exact) mass is 324 g/mol. The molecule has 0 aromatic carbocycles. The third-order valence-electron chi connectivity index (χ3n) is 3.71. The number of aromatic nitrogens is 1. The van der Waals surface area contributed by atoms with Crippen LogP contribution in [0.4, 0.5) is 0 Å². The molecular weight excluding hydrogens is 308 g/mol. The van der Waals surface area contributed by atoms with Crippen molar-refractivity contribution in [1.82, 2.24) is 9.29 Å². The molecule has 0 spiro atoms. The van der Waals surface area contributed by atoms with Crippen LogP contribution in [0, 0.1) is 0 Å². The van der Waals surface area contributed by atoms with Gasteiger partial charge < -0.3 is 5.11 Å². The molecule has 0 radical (unpaired) electrons. The molecule has 2 aromatic rings. The molecular formula is C14H16N2O3S2. The third-order valence-corrected chi connectivity index (χ3v) is 7.01. The van der Waals surface area contributed by atoms with Gasteiger partial charge in [0.1, 0.15) is 4.21 Å². The Kier molecular flexibility index (Phi) is 4.08. The van der Waals surface area contributed by atoms with Crippen LogP contribution in [-0.2, 0) is 16.4 Å². The van der Waals surface area contributed by atoms with E-state index in [9.17, 15) is 13.5 Å². The summed E-state index contributed by atoms with van der Waals surface area (Å²) in [4.78, 5) is 3.95. The fourth-order valence-electron chi connectivity index (χ4n) is 2.63. The number of sulfonamides is 1. The number of aliphatic hydroxyl groups is 1. The second kappa shape index (κ2) is 5.84. The smallest absolute Gasteiger partial charge is 0.252 e. The van der Waals surface area contributed by atoms with E-state index in [0.717, 1.165) is 5.56 Å². The standard InChI is InChI=1S/C14H16N2O3S2/c17-13-5-8-16(21(18,19)14-2-1-9-20-14)12(13)10-11-3-6-15-7-4-11/h1-4,6-7,9,12-13,17H,5,8,10H2/t12-,13+/m0/s1. The summed E-state index contributed by atoms with van der Waals surface area (Å²) >= 11 is 1.21. The molecule has 0 unspecified atom stereocenters. The predicted octanol–water partition coefficient (Wildman–Crippen LogP) is 1.51. The van der Waals surface area contributed by atoms with E-state index in [2.05, 4.69) is 4.98 Å². The topological polar surface area (TPSA) is 70.5 Å². The Morgan fingerprint density at radius 3 is 2.76 bits per heavy atom. The normalized spacial score (nSPS) is 23.5. The van der Waals surface area contributed by atoms with Gasteiger partial charge in [0.25, 0.3) is 10.0 Å². The van der Waals surface area contributed by atoms with Crippen molar-refractivity contribution in [2.75, 3.05) is 6.54 Å². The van der Waals surface area contributed by atoms with Crippen LogP contribution in [0.1, 0.15) is 12.0 Å². The average molecular weight is 324 g/mol. The molecule has 3 heterocycles. The molecule has 112 valence electrons. The quantitative estimate of drug-likeness (QED) is 0.925. The summed E-state index contributed by atoms with van der Waals surface area (Å²) < 4.78 is 27.1. The van der Waals surface area contributed by atoms with Gasteiger partial charge in [-0.3, -0.25) is 4.98 Å². The van der Waals surface area contributed by atoms with E-state index in [1.54, 1.807) is 29.9 Å². The first-order valence-electron chi connectivity index (χ1n) is 6.71. The van der Waals surface area contributed by atoms with Crippen LogP contribution in [0.25, 0.3) is 0 Å². The Bertz CT molecular complexity index is 686. The fraction of sp³-hybridized carbons (Fsp3) is 0.357. The first kappa shape index (κ1) is 14.6. The van der Waals surface area contributed by atoms with E-state index in [1.807, 2.05) is 12.1 Å². The average Bonchev–Trinajstić information content (AvgIpc) is 3.12. The maximum atomic E-state index is 12.7. The van der Waals surface area contributed by atoms with Crippen molar-refractivity contribution in [3.8, 4) is 0 Å². The van der Waals surface area contributed by atoms with Crippen LogP contribution in [0.2, 0.25) is 0 Å². The summed E-state index contributed by atoms with van der Waals surface area (Å²) in [6.45, 7) is 0.358. The van der Waals surface area contributed by atoms with E-state index in [0.29, 0.717) is 23.6 Å². The van der Waals surface area contributed by atoms with E-state index in [4.69, 9.17) is 0 Å². The van der Waals surface area contributed by atoms with Crippen molar-refractivity contribution >= 4 is 21.4 Å².